The molecular formula is C9H15F3N2O2. The molecule has 1 fully saturated rings. The molecule has 94 valence electrons. The van der Waals surface area contributed by atoms with Crippen molar-refractivity contribution in [1.82, 2.24) is 10.6 Å². The maximum Gasteiger partial charge on any atom is 0.405 e. The van der Waals surface area contributed by atoms with E-state index in [1.54, 1.807) is 5.32 Å². The average Bonchev–Trinajstić information content (AvgIpc) is 2.59. The fraction of sp³-hybridized carbons (Fsp3) is 0.889. The van der Waals surface area contributed by atoms with Gasteiger partial charge in [0.05, 0.1) is 5.60 Å². The second kappa shape index (κ2) is 4.90. The summed E-state index contributed by atoms with van der Waals surface area (Å²) in [5.74, 6) is 0. The Labute approximate surface area is 91.2 Å². The van der Waals surface area contributed by atoms with E-state index in [-0.39, 0.29) is 6.54 Å². The van der Waals surface area contributed by atoms with Crippen LogP contribution in [0.5, 0.6) is 0 Å². The highest BCUT2D eigenvalue weighted by molar-refractivity contribution is 5.73. The van der Waals surface area contributed by atoms with E-state index in [0.717, 1.165) is 12.8 Å². The van der Waals surface area contributed by atoms with Gasteiger partial charge in [-0.25, -0.2) is 4.79 Å². The molecule has 3 N–H and O–H groups in total. The van der Waals surface area contributed by atoms with Gasteiger partial charge in [-0.15, -0.1) is 0 Å². The summed E-state index contributed by atoms with van der Waals surface area (Å²) in [6.07, 6.45) is -1.51. The number of alkyl halides is 3. The van der Waals surface area contributed by atoms with Crippen molar-refractivity contribution >= 4 is 6.03 Å². The monoisotopic (exact) mass is 240 g/mol. The number of carbonyl (C=O) groups excluding carboxylic acids is 1. The van der Waals surface area contributed by atoms with Gasteiger partial charge in [0, 0.05) is 6.54 Å². The number of halogens is 3. The maximum atomic E-state index is 11.7. The van der Waals surface area contributed by atoms with Crippen molar-refractivity contribution in [1.29, 1.82) is 0 Å². The zero-order chi connectivity index (χ0) is 12.2. The predicted octanol–water partition coefficient (Wildman–Crippen LogP) is 1.15. The Balaban J connectivity index is 2.20. The molecule has 0 saturated heterocycles. The van der Waals surface area contributed by atoms with Crippen LogP contribution < -0.4 is 10.6 Å². The van der Waals surface area contributed by atoms with Crippen LogP contribution in [0.15, 0.2) is 0 Å². The summed E-state index contributed by atoms with van der Waals surface area (Å²) < 4.78 is 35.2. The molecule has 0 heterocycles. The number of aliphatic hydroxyl groups is 1. The second-order valence-electron chi connectivity index (χ2n) is 4.08. The lowest BCUT2D eigenvalue weighted by Gasteiger charge is -2.22. The highest BCUT2D eigenvalue weighted by Crippen LogP contribution is 2.28. The first-order chi connectivity index (χ1) is 7.31. The van der Waals surface area contributed by atoms with Crippen molar-refractivity contribution in [2.24, 2.45) is 0 Å². The molecule has 1 aliphatic rings. The van der Waals surface area contributed by atoms with E-state index >= 15 is 0 Å². The standard InChI is InChI=1S/C9H15F3N2O2/c10-9(11,12)6-14-7(15)13-5-8(16)3-1-2-4-8/h16H,1-6H2,(H2,13,14,15). The van der Waals surface area contributed by atoms with Crippen LogP contribution in [0.3, 0.4) is 0 Å². The quantitative estimate of drug-likeness (QED) is 0.693. The molecule has 0 aromatic heterocycles. The zero-order valence-corrected chi connectivity index (χ0v) is 8.73. The maximum absolute atomic E-state index is 11.7. The third kappa shape index (κ3) is 4.69. The van der Waals surface area contributed by atoms with E-state index in [1.807, 2.05) is 0 Å². The summed E-state index contributed by atoms with van der Waals surface area (Å²) in [6.45, 7) is -1.37. The van der Waals surface area contributed by atoms with Gasteiger partial charge in [-0.2, -0.15) is 13.2 Å². The number of urea groups is 1. The van der Waals surface area contributed by atoms with Crippen molar-refractivity contribution in [2.75, 3.05) is 13.1 Å². The first kappa shape index (κ1) is 13.1. The Bertz CT molecular complexity index is 250. The van der Waals surface area contributed by atoms with Crippen LogP contribution in [0.4, 0.5) is 18.0 Å². The van der Waals surface area contributed by atoms with Crippen LogP contribution in [0.2, 0.25) is 0 Å². The molecule has 1 aliphatic carbocycles. The number of rotatable bonds is 3. The van der Waals surface area contributed by atoms with E-state index in [4.69, 9.17) is 0 Å². The van der Waals surface area contributed by atoms with Gasteiger partial charge in [-0.1, -0.05) is 12.8 Å². The summed E-state index contributed by atoms with van der Waals surface area (Å²) >= 11 is 0. The molecule has 7 heteroatoms. The summed E-state index contributed by atoms with van der Waals surface area (Å²) in [7, 11) is 0. The molecule has 0 aliphatic heterocycles. The molecule has 0 radical (unpaired) electrons. The molecule has 0 spiro atoms. The van der Waals surface area contributed by atoms with Crippen molar-refractivity contribution in [3.8, 4) is 0 Å². The van der Waals surface area contributed by atoms with Gasteiger partial charge in [-0.3, -0.25) is 0 Å². The highest BCUT2D eigenvalue weighted by atomic mass is 19.4. The minimum absolute atomic E-state index is 0.00328. The van der Waals surface area contributed by atoms with Gasteiger partial charge in [0.15, 0.2) is 0 Å². The number of hydrogen-bond acceptors (Lipinski definition) is 2. The zero-order valence-electron chi connectivity index (χ0n) is 8.73. The van der Waals surface area contributed by atoms with E-state index in [9.17, 15) is 23.1 Å². The third-order valence-corrected chi connectivity index (χ3v) is 2.56. The Kier molecular flexibility index (Phi) is 4.01. The van der Waals surface area contributed by atoms with Gasteiger partial charge < -0.3 is 15.7 Å². The van der Waals surface area contributed by atoms with E-state index in [2.05, 4.69) is 5.32 Å². The predicted molar refractivity (Wildman–Crippen MR) is 50.9 cm³/mol. The first-order valence-electron chi connectivity index (χ1n) is 5.12. The molecule has 0 unspecified atom stereocenters. The Morgan fingerprint density at radius 3 is 2.31 bits per heavy atom. The number of amides is 2. The fourth-order valence-electron chi connectivity index (χ4n) is 1.70. The van der Waals surface area contributed by atoms with Gasteiger partial charge >= 0.3 is 12.2 Å². The SMILES string of the molecule is O=C(NCC(F)(F)F)NCC1(O)CCCC1. The van der Waals surface area contributed by atoms with Gasteiger partial charge in [0.25, 0.3) is 0 Å². The molecule has 0 bridgehead atoms. The molecule has 0 aromatic carbocycles. The Hall–Kier alpha value is -0.980. The van der Waals surface area contributed by atoms with E-state index in [0.29, 0.717) is 12.8 Å². The second-order valence-corrected chi connectivity index (χ2v) is 4.08. The third-order valence-electron chi connectivity index (χ3n) is 2.56. The number of hydrogen-bond donors (Lipinski definition) is 3. The lowest BCUT2D eigenvalue weighted by Crippen LogP contribution is -2.47. The largest absolute Gasteiger partial charge is 0.405 e. The molecule has 16 heavy (non-hydrogen) atoms. The molecule has 0 aromatic rings. The first-order valence-corrected chi connectivity index (χ1v) is 5.12. The normalized spacial score (nSPS) is 19.5. The van der Waals surface area contributed by atoms with Crippen LogP contribution in [0.25, 0.3) is 0 Å². The van der Waals surface area contributed by atoms with Crippen molar-refractivity contribution in [3.05, 3.63) is 0 Å². The summed E-state index contributed by atoms with van der Waals surface area (Å²) in [5.41, 5.74) is -0.949. The molecular weight excluding hydrogens is 225 g/mol. The van der Waals surface area contributed by atoms with Gasteiger partial charge in [0.2, 0.25) is 0 Å². The van der Waals surface area contributed by atoms with Crippen LogP contribution in [-0.2, 0) is 0 Å². The highest BCUT2D eigenvalue weighted by Gasteiger charge is 2.32. The van der Waals surface area contributed by atoms with Crippen molar-refractivity contribution in [2.45, 2.75) is 37.5 Å². The van der Waals surface area contributed by atoms with Gasteiger partial charge in [0.1, 0.15) is 6.54 Å². The van der Waals surface area contributed by atoms with Crippen molar-refractivity contribution in [3.63, 3.8) is 0 Å². The van der Waals surface area contributed by atoms with Crippen molar-refractivity contribution < 1.29 is 23.1 Å². The summed E-state index contributed by atoms with van der Waals surface area (Å²) in [6, 6.07) is -0.905. The van der Waals surface area contributed by atoms with Gasteiger partial charge in [-0.05, 0) is 12.8 Å². The Morgan fingerprint density at radius 2 is 1.81 bits per heavy atom. The van der Waals surface area contributed by atoms with Crippen LogP contribution >= 0.6 is 0 Å². The lowest BCUT2D eigenvalue weighted by molar-refractivity contribution is -0.122. The topological polar surface area (TPSA) is 61.4 Å². The fourth-order valence-corrected chi connectivity index (χ4v) is 1.70. The van der Waals surface area contributed by atoms with E-state index < -0.39 is 24.4 Å². The number of carbonyl (C=O) groups is 1. The van der Waals surface area contributed by atoms with Crippen LogP contribution in [-0.4, -0.2) is 36.0 Å². The average molecular weight is 240 g/mol. The van der Waals surface area contributed by atoms with E-state index in [1.165, 1.54) is 0 Å². The lowest BCUT2D eigenvalue weighted by atomic mass is 10.0. The van der Waals surface area contributed by atoms with Crippen LogP contribution in [0, 0.1) is 0 Å². The molecule has 0 atom stereocenters. The molecule has 1 rings (SSSR count). The molecule has 2 amide bonds. The summed E-state index contributed by atoms with van der Waals surface area (Å²) in [4.78, 5) is 11.0. The number of nitrogens with one attached hydrogen (secondary N) is 2. The molecule has 1 saturated carbocycles. The smallest absolute Gasteiger partial charge is 0.388 e. The molecule has 4 nitrogen and oxygen atoms in total. The Morgan fingerprint density at radius 1 is 1.25 bits per heavy atom. The minimum Gasteiger partial charge on any atom is -0.388 e. The van der Waals surface area contributed by atoms with Crippen LogP contribution in [0.1, 0.15) is 25.7 Å². The summed E-state index contributed by atoms with van der Waals surface area (Å²) in [5, 5.41) is 13.7. The minimum atomic E-state index is -4.42.